The second kappa shape index (κ2) is 4.84. The number of hydrogen-bond acceptors (Lipinski definition) is 4. The minimum absolute atomic E-state index is 0.0912. The van der Waals surface area contributed by atoms with E-state index in [1.807, 2.05) is 19.1 Å². The maximum Gasteiger partial charge on any atom is 0.404 e. The Balaban J connectivity index is 1.99. The third kappa shape index (κ3) is 2.31. The third-order valence-electron chi connectivity index (χ3n) is 3.84. The quantitative estimate of drug-likeness (QED) is 0.926. The average molecular weight is 297 g/mol. The van der Waals surface area contributed by atoms with Crippen molar-refractivity contribution in [3.63, 3.8) is 0 Å². The Labute approximate surface area is 119 Å². The van der Waals surface area contributed by atoms with Gasteiger partial charge in [0, 0.05) is 12.1 Å². The van der Waals surface area contributed by atoms with Crippen LogP contribution < -0.4 is 5.32 Å². The van der Waals surface area contributed by atoms with Gasteiger partial charge in [0.1, 0.15) is 0 Å². The molecule has 2 aromatic rings. The minimum atomic E-state index is -4.42. The Morgan fingerprint density at radius 1 is 1.24 bits per heavy atom. The van der Waals surface area contributed by atoms with Crippen molar-refractivity contribution in [1.82, 2.24) is 15.5 Å². The van der Waals surface area contributed by atoms with Crippen molar-refractivity contribution in [3.8, 4) is 11.4 Å². The normalized spacial score (nSPS) is 22.7. The van der Waals surface area contributed by atoms with E-state index in [-0.39, 0.29) is 31.2 Å². The Morgan fingerprint density at radius 3 is 2.52 bits per heavy atom. The largest absolute Gasteiger partial charge is 0.404 e. The van der Waals surface area contributed by atoms with Gasteiger partial charge < -0.3 is 9.84 Å². The second-order valence-corrected chi connectivity index (χ2v) is 5.30. The molecule has 1 aromatic carbocycles. The van der Waals surface area contributed by atoms with Gasteiger partial charge in [-0.1, -0.05) is 35.0 Å². The van der Waals surface area contributed by atoms with Crippen LogP contribution in [0.4, 0.5) is 13.2 Å². The molecule has 1 saturated heterocycles. The molecule has 3 rings (SSSR count). The minimum Gasteiger partial charge on any atom is -0.338 e. The van der Waals surface area contributed by atoms with E-state index in [2.05, 4.69) is 15.5 Å². The number of benzene rings is 1. The number of aromatic nitrogens is 2. The molecule has 0 spiro atoms. The molecule has 1 aliphatic heterocycles. The molecule has 0 saturated carbocycles. The van der Waals surface area contributed by atoms with Crippen molar-refractivity contribution in [2.45, 2.75) is 24.9 Å². The Hall–Kier alpha value is -1.89. The van der Waals surface area contributed by atoms with Gasteiger partial charge in [-0.05, 0) is 19.9 Å². The Morgan fingerprint density at radius 2 is 1.95 bits per heavy atom. The summed E-state index contributed by atoms with van der Waals surface area (Å²) in [5.41, 5.74) is -0.392. The van der Waals surface area contributed by atoms with Crippen LogP contribution >= 0.6 is 0 Å². The number of rotatable bonds is 2. The molecule has 21 heavy (non-hydrogen) atoms. The van der Waals surface area contributed by atoms with Crippen LogP contribution in [0, 0.1) is 6.92 Å². The number of nitrogens with one attached hydrogen (secondary N) is 1. The standard InChI is InChI=1S/C14H14F3N3O/c1-9-2-4-10(5-3-9)11-19-12(21-20-11)13(14(15,16)17)6-7-18-8-13/h2-5,18H,6-8H2,1H3. The molecule has 0 bridgehead atoms. The SMILES string of the molecule is Cc1ccc(-c2noc(C3(C(F)(F)F)CCNC3)n2)cc1. The lowest BCUT2D eigenvalue weighted by Gasteiger charge is -2.26. The van der Waals surface area contributed by atoms with Crippen LogP contribution in [0.15, 0.2) is 28.8 Å². The summed E-state index contributed by atoms with van der Waals surface area (Å²) >= 11 is 0. The van der Waals surface area contributed by atoms with E-state index < -0.39 is 11.6 Å². The first-order valence-electron chi connectivity index (χ1n) is 6.61. The topological polar surface area (TPSA) is 51.0 Å². The van der Waals surface area contributed by atoms with Crippen molar-refractivity contribution < 1.29 is 17.7 Å². The molecule has 1 N–H and O–H groups in total. The lowest BCUT2D eigenvalue weighted by molar-refractivity contribution is -0.191. The molecular weight excluding hydrogens is 283 g/mol. The van der Waals surface area contributed by atoms with Gasteiger partial charge in [0.05, 0.1) is 0 Å². The van der Waals surface area contributed by atoms with Crippen molar-refractivity contribution >= 4 is 0 Å². The number of hydrogen-bond donors (Lipinski definition) is 1. The summed E-state index contributed by atoms with van der Waals surface area (Å²) in [4.78, 5) is 3.99. The molecule has 1 aliphatic rings. The van der Waals surface area contributed by atoms with E-state index in [1.165, 1.54) is 0 Å². The van der Waals surface area contributed by atoms with Gasteiger partial charge in [0.2, 0.25) is 11.7 Å². The number of aryl methyl sites for hydroxylation is 1. The molecule has 0 amide bonds. The van der Waals surface area contributed by atoms with Gasteiger partial charge >= 0.3 is 6.18 Å². The smallest absolute Gasteiger partial charge is 0.338 e. The molecule has 1 aromatic heterocycles. The van der Waals surface area contributed by atoms with E-state index >= 15 is 0 Å². The fraction of sp³-hybridized carbons (Fsp3) is 0.429. The monoisotopic (exact) mass is 297 g/mol. The third-order valence-corrected chi connectivity index (χ3v) is 3.84. The van der Waals surface area contributed by atoms with Crippen LogP contribution in [0.1, 0.15) is 17.9 Å². The zero-order chi connectivity index (χ0) is 15.1. The summed E-state index contributed by atoms with van der Waals surface area (Å²) in [5.74, 6) is -0.184. The van der Waals surface area contributed by atoms with E-state index in [1.54, 1.807) is 12.1 Å². The molecule has 2 heterocycles. The van der Waals surface area contributed by atoms with Crippen molar-refractivity contribution in [3.05, 3.63) is 35.7 Å². The van der Waals surface area contributed by atoms with Crippen molar-refractivity contribution in [2.75, 3.05) is 13.1 Å². The van der Waals surface area contributed by atoms with Crippen LogP contribution in [0.25, 0.3) is 11.4 Å². The van der Waals surface area contributed by atoms with Crippen LogP contribution in [-0.4, -0.2) is 29.4 Å². The molecule has 1 fully saturated rings. The first-order valence-corrected chi connectivity index (χ1v) is 6.61. The summed E-state index contributed by atoms with van der Waals surface area (Å²) in [6, 6.07) is 7.22. The lowest BCUT2D eigenvalue weighted by atomic mass is 9.86. The van der Waals surface area contributed by atoms with Crippen LogP contribution in [-0.2, 0) is 5.41 Å². The summed E-state index contributed by atoms with van der Waals surface area (Å²) in [6.45, 7) is 1.97. The molecule has 112 valence electrons. The molecule has 0 radical (unpaired) electrons. The van der Waals surface area contributed by atoms with Gasteiger partial charge in [0.15, 0.2) is 5.41 Å². The Bertz CT molecular complexity index is 628. The predicted octanol–water partition coefficient (Wildman–Crippen LogP) is 2.84. The highest BCUT2D eigenvalue weighted by molar-refractivity contribution is 5.54. The second-order valence-electron chi connectivity index (χ2n) is 5.30. The van der Waals surface area contributed by atoms with Crippen molar-refractivity contribution in [2.24, 2.45) is 0 Å². The first-order chi connectivity index (χ1) is 9.92. The van der Waals surface area contributed by atoms with Gasteiger partial charge in [-0.3, -0.25) is 0 Å². The first kappa shape index (κ1) is 14.1. The highest BCUT2D eigenvalue weighted by atomic mass is 19.4. The van der Waals surface area contributed by atoms with Gasteiger partial charge in [-0.15, -0.1) is 0 Å². The van der Waals surface area contributed by atoms with Gasteiger partial charge in [-0.2, -0.15) is 18.2 Å². The average Bonchev–Trinajstić information content (AvgIpc) is 3.08. The maximum absolute atomic E-state index is 13.4. The number of alkyl halides is 3. The molecule has 4 nitrogen and oxygen atoms in total. The van der Waals surface area contributed by atoms with E-state index in [4.69, 9.17) is 4.52 Å². The zero-order valence-electron chi connectivity index (χ0n) is 11.4. The summed E-state index contributed by atoms with van der Waals surface area (Å²) < 4.78 is 45.1. The van der Waals surface area contributed by atoms with Crippen molar-refractivity contribution in [1.29, 1.82) is 0 Å². The van der Waals surface area contributed by atoms with Gasteiger partial charge in [-0.25, -0.2) is 0 Å². The molecular formula is C14H14F3N3O. The molecule has 1 atom stereocenters. The summed E-state index contributed by atoms with van der Waals surface area (Å²) in [5, 5.41) is 6.43. The van der Waals surface area contributed by atoms with Crippen LogP contribution in [0.3, 0.4) is 0 Å². The molecule has 1 unspecified atom stereocenters. The fourth-order valence-electron chi connectivity index (χ4n) is 2.48. The Kier molecular flexibility index (Phi) is 3.24. The zero-order valence-corrected chi connectivity index (χ0v) is 11.4. The summed E-state index contributed by atoms with van der Waals surface area (Å²) in [6.07, 6.45) is -4.51. The van der Waals surface area contributed by atoms with E-state index in [0.29, 0.717) is 5.56 Å². The van der Waals surface area contributed by atoms with E-state index in [9.17, 15) is 13.2 Å². The van der Waals surface area contributed by atoms with Crippen LogP contribution in [0.2, 0.25) is 0 Å². The fourth-order valence-corrected chi connectivity index (χ4v) is 2.48. The highest BCUT2D eigenvalue weighted by Crippen LogP contribution is 2.45. The molecule has 0 aliphatic carbocycles. The molecule has 7 heteroatoms. The maximum atomic E-state index is 13.4. The van der Waals surface area contributed by atoms with E-state index in [0.717, 1.165) is 5.56 Å². The highest BCUT2D eigenvalue weighted by Gasteiger charge is 2.61. The van der Waals surface area contributed by atoms with Gasteiger partial charge in [0.25, 0.3) is 0 Å². The predicted molar refractivity (Wildman–Crippen MR) is 69.7 cm³/mol. The lowest BCUT2D eigenvalue weighted by Crippen LogP contribution is -2.44. The number of nitrogens with zero attached hydrogens (tertiary/aromatic N) is 2. The summed E-state index contributed by atoms with van der Waals surface area (Å²) in [7, 11) is 0. The van der Waals surface area contributed by atoms with Crippen LogP contribution in [0.5, 0.6) is 0 Å². The number of halogens is 3.